The number of carbonyl (C=O) groups is 1. The Hall–Kier alpha value is -0.940. The fraction of sp³-hybridized carbons (Fsp3) is 0.714. The lowest BCUT2D eigenvalue weighted by Gasteiger charge is -2.33. The van der Waals surface area contributed by atoms with Gasteiger partial charge in [0.2, 0.25) is 5.91 Å². The van der Waals surface area contributed by atoms with Gasteiger partial charge in [-0.05, 0) is 32.1 Å². The van der Waals surface area contributed by atoms with Gasteiger partial charge in [0.1, 0.15) is 0 Å². The second kappa shape index (κ2) is 6.48. The largest absolute Gasteiger partial charge is 0.342 e. The minimum absolute atomic E-state index is 0.205. The van der Waals surface area contributed by atoms with Gasteiger partial charge in [-0.25, -0.2) is 4.98 Å². The first-order valence-corrected chi connectivity index (χ1v) is 7.94. The van der Waals surface area contributed by atoms with E-state index in [2.05, 4.69) is 18.8 Å². The Bertz CT molecular complexity index is 422. The van der Waals surface area contributed by atoms with E-state index in [-0.39, 0.29) is 11.9 Å². The van der Waals surface area contributed by atoms with Gasteiger partial charge >= 0.3 is 0 Å². The van der Waals surface area contributed by atoms with Gasteiger partial charge in [-0.1, -0.05) is 6.92 Å². The monoisotopic (exact) mass is 281 g/mol. The zero-order valence-electron chi connectivity index (χ0n) is 11.8. The molecule has 1 aromatic heterocycles. The SMILES string of the molecule is CCc1nc(CC(=O)N2CCC(C(C)N)CC2)cs1. The molecule has 0 saturated carbocycles. The predicted octanol–water partition coefficient (Wildman–Crippen LogP) is 1.83. The summed E-state index contributed by atoms with van der Waals surface area (Å²) in [6.45, 7) is 5.83. The molecule has 2 rings (SSSR count). The Labute approximate surface area is 119 Å². The number of hydrogen-bond acceptors (Lipinski definition) is 4. The lowest BCUT2D eigenvalue weighted by molar-refractivity contribution is -0.132. The summed E-state index contributed by atoms with van der Waals surface area (Å²) >= 11 is 1.64. The zero-order chi connectivity index (χ0) is 13.8. The van der Waals surface area contributed by atoms with Gasteiger partial charge in [0, 0.05) is 24.5 Å². The molecule has 1 aliphatic rings. The van der Waals surface area contributed by atoms with Crippen molar-refractivity contribution in [2.45, 2.75) is 45.6 Å². The molecule has 0 aromatic carbocycles. The first kappa shape index (κ1) is 14.5. The van der Waals surface area contributed by atoms with E-state index in [1.165, 1.54) is 0 Å². The highest BCUT2D eigenvalue weighted by molar-refractivity contribution is 7.09. The Morgan fingerprint density at radius 2 is 2.26 bits per heavy atom. The number of hydrogen-bond donors (Lipinski definition) is 1. The van der Waals surface area contributed by atoms with Crippen LogP contribution in [0.5, 0.6) is 0 Å². The molecule has 1 atom stereocenters. The molecule has 1 fully saturated rings. The predicted molar refractivity (Wildman–Crippen MR) is 78.1 cm³/mol. The van der Waals surface area contributed by atoms with Crippen molar-refractivity contribution < 1.29 is 4.79 Å². The summed E-state index contributed by atoms with van der Waals surface area (Å²) in [5.41, 5.74) is 6.84. The minimum atomic E-state index is 0.205. The summed E-state index contributed by atoms with van der Waals surface area (Å²) in [6, 6.07) is 0.239. The number of nitrogens with zero attached hydrogens (tertiary/aromatic N) is 2. The first-order valence-electron chi connectivity index (χ1n) is 7.06. The maximum Gasteiger partial charge on any atom is 0.228 e. The highest BCUT2D eigenvalue weighted by Gasteiger charge is 2.25. The van der Waals surface area contributed by atoms with Crippen molar-refractivity contribution in [2.75, 3.05) is 13.1 Å². The van der Waals surface area contributed by atoms with Gasteiger partial charge in [0.15, 0.2) is 0 Å². The average molecular weight is 281 g/mol. The molecule has 2 N–H and O–H groups in total. The van der Waals surface area contributed by atoms with Crippen molar-refractivity contribution in [3.05, 3.63) is 16.1 Å². The number of carbonyl (C=O) groups excluding carboxylic acids is 1. The van der Waals surface area contributed by atoms with Gasteiger partial charge in [0.25, 0.3) is 0 Å². The van der Waals surface area contributed by atoms with Crippen molar-refractivity contribution in [2.24, 2.45) is 11.7 Å². The van der Waals surface area contributed by atoms with Crippen LogP contribution < -0.4 is 5.73 Å². The number of aromatic nitrogens is 1. The quantitative estimate of drug-likeness (QED) is 0.916. The van der Waals surface area contributed by atoms with Gasteiger partial charge < -0.3 is 10.6 Å². The number of aryl methyl sites for hydroxylation is 1. The molecule has 1 saturated heterocycles. The molecule has 5 heteroatoms. The second-order valence-corrected chi connectivity index (χ2v) is 6.28. The van der Waals surface area contributed by atoms with E-state index < -0.39 is 0 Å². The molecule has 106 valence electrons. The fourth-order valence-electron chi connectivity index (χ4n) is 2.53. The van der Waals surface area contributed by atoms with Crippen molar-refractivity contribution in [3.8, 4) is 0 Å². The van der Waals surface area contributed by atoms with Gasteiger partial charge in [-0.3, -0.25) is 4.79 Å². The highest BCUT2D eigenvalue weighted by atomic mass is 32.1. The number of piperidine rings is 1. The molecule has 0 bridgehead atoms. The standard InChI is InChI=1S/C14H23N3OS/c1-3-13-16-12(9-19-13)8-14(18)17-6-4-11(5-7-17)10(2)15/h9-11H,3-8,15H2,1-2H3. The Morgan fingerprint density at radius 1 is 1.58 bits per heavy atom. The maximum atomic E-state index is 12.2. The fourth-order valence-corrected chi connectivity index (χ4v) is 3.28. The summed E-state index contributed by atoms with van der Waals surface area (Å²) in [5, 5.41) is 3.12. The van der Waals surface area contributed by atoms with Crippen molar-refractivity contribution in [3.63, 3.8) is 0 Å². The van der Waals surface area contributed by atoms with E-state index in [0.717, 1.165) is 43.1 Å². The molecule has 1 aromatic rings. The molecule has 19 heavy (non-hydrogen) atoms. The Balaban J connectivity index is 1.84. The van der Waals surface area contributed by atoms with E-state index in [0.29, 0.717) is 12.3 Å². The molecule has 4 nitrogen and oxygen atoms in total. The van der Waals surface area contributed by atoms with Crippen LogP contribution in [0.1, 0.15) is 37.4 Å². The third-order valence-corrected chi connectivity index (χ3v) is 4.91. The summed E-state index contributed by atoms with van der Waals surface area (Å²) in [5.74, 6) is 0.770. The molecule has 0 radical (unpaired) electrons. The molecular formula is C14H23N3OS. The second-order valence-electron chi connectivity index (χ2n) is 5.34. The van der Waals surface area contributed by atoms with E-state index >= 15 is 0 Å². The van der Waals surface area contributed by atoms with Crippen molar-refractivity contribution >= 4 is 17.2 Å². The van der Waals surface area contributed by atoms with Gasteiger partial charge in [-0.2, -0.15) is 0 Å². The van der Waals surface area contributed by atoms with E-state index in [9.17, 15) is 4.79 Å². The Kier molecular flexibility index (Phi) is 4.93. The molecule has 2 heterocycles. The van der Waals surface area contributed by atoms with E-state index in [1.54, 1.807) is 11.3 Å². The number of amides is 1. The molecule has 1 amide bonds. The topological polar surface area (TPSA) is 59.2 Å². The lowest BCUT2D eigenvalue weighted by Crippen LogP contribution is -2.43. The molecule has 1 unspecified atom stereocenters. The van der Waals surface area contributed by atoms with Crippen LogP contribution in [-0.2, 0) is 17.6 Å². The third kappa shape index (κ3) is 3.76. The smallest absolute Gasteiger partial charge is 0.228 e. The van der Waals surface area contributed by atoms with Crippen LogP contribution in [0.15, 0.2) is 5.38 Å². The molecular weight excluding hydrogens is 258 g/mol. The van der Waals surface area contributed by atoms with Crippen LogP contribution in [0.25, 0.3) is 0 Å². The average Bonchev–Trinajstić information content (AvgIpc) is 2.86. The summed E-state index contributed by atoms with van der Waals surface area (Å²) in [7, 11) is 0. The van der Waals surface area contributed by atoms with Crippen molar-refractivity contribution in [1.82, 2.24) is 9.88 Å². The van der Waals surface area contributed by atoms with Gasteiger partial charge in [0.05, 0.1) is 17.1 Å². The van der Waals surface area contributed by atoms with E-state index in [4.69, 9.17) is 5.73 Å². The van der Waals surface area contributed by atoms with E-state index in [1.807, 2.05) is 10.3 Å². The normalized spacial score (nSPS) is 18.6. The third-order valence-electron chi connectivity index (χ3n) is 3.87. The van der Waals surface area contributed by atoms with Crippen LogP contribution in [0.4, 0.5) is 0 Å². The minimum Gasteiger partial charge on any atom is -0.342 e. The number of thiazole rings is 1. The van der Waals surface area contributed by atoms with Crippen LogP contribution in [0.3, 0.4) is 0 Å². The maximum absolute atomic E-state index is 12.2. The number of rotatable bonds is 4. The summed E-state index contributed by atoms with van der Waals surface area (Å²) in [4.78, 5) is 18.6. The lowest BCUT2D eigenvalue weighted by atomic mass is 9.91. The molecule has 0 spiro atoms. The highest BCUT2D eigenvalue weighted by Crippen LogP contribution is 2.20. The van der Waals surface area contributed by atoms with Crippen LogP contribution in [-0.4, -0.2) is 34.9 Å². The molecule has 0 aliphatic carbocycles. The van der Waals surface area contributed by atoms with Gasteiger partial charge in [-0.15, -0.1) is 11.3 Å². The molecule has 1 aliphatic heterocycles. The van der Waals surface area contributed by atoms with Crippen LogP contribution >= 0.6 is 11.3 Å². The summed E-state index contributed by atoms with van der Waals surface area (Å²) < 4.78 is 0. The Morgan fingerprint density at radius 3 is 2.79 bits per heavy atom. The first-order chi connectivity index (χ1) is 9.10. The van der Waals surface area contributed by atoms with Crippen LogP contribution in [0.2, 0.25) is 0 Å². The number of nitrogens with two attached hydrogens (primary N) is 1. The number of likely N-dealkylation sites (tertiary alicyclic amines) is 1. The van der Waals surface area contributed by atoms with Crippen molar-refractivity contribution in [1.29, 1.82) is 0 Å². The zero-order valence-corrected chi connectivity index (χ0v) is 12.6. The summed E-state index contributed by atoms with van der Waals surface area (Å²) in [6.07, 6.45) is 3.44. The van der Waals surface area contributed by atoms with Crippen LogP contribution in [0, 0.1) is 5.92 Å².